The van der Waals surface area contributed by atoms with Crippen LogP contribution in [0.5, 0.6) is 0 Å². The zero-order chi connectivity index (χ0) is 29.3. The van der Waals surface area contributed by atoms with Crippen LogP contribution in [0.2, 0.25) is 0 Å². The van der Waals surface area contributed by atoms with E-state index in [1.807, 2.05) is 69.0 Å². The number of urea groups is 1. The fourth-order valence-electron chi connectivity index (χ4n) is 6.06. The number of benzene rings is 2. The Morgan fingerprint density at radius 1 is 0.860 bits per heavy atom. The fraction of sp³-hybridized carbons (Fsp3) is 0.242. The van der Waals surface area contributed by atoms with Crippen molar-refractivity contribution < 1.29 is 4.79 Å². The van der Waals surface area contributed by atoms with Crippen LogP contribution in [0.1, 0.15) is 17.9 Å². The van der Waals surface area contributed by atoms with Crippen molar-refractivity contribution in [2.75, 3.05) is 45.0 Å². The summed E-state index contributed by atoms with van der Waals surface area (Å²) in [7, 11) is 0. The molecule has 214 valence electrons. The molecule has 2 aliphatic heterocycles. The van der Waals surface area contributed by atoms with Crippen molar-refractivity contribution in [1.29, 1.82) is 5.26 Å². The number of likely N-dealkylation sites (tertiary alicyclic amines) is 1. The second kappa shape index (κ2) is 11.1. The molecule has 0 aliphatic carbocycles. The number of amides is 2. The first-order valence-electron chi connectivity index (χ1n) is 14.5. The van der Waals surface area contributed by atoms with Crippen LogP contribution in [-0.2, 0) is 0 Å². The van der Waals surface area contributed by atoms with Gasteiger partial charge in [0.05, 0.1) is 11.3 Å². The average molecular weight is 570 g/mol. The van der Waals surface area contributed by atoms with Gasteiger partial charge in [-0.05, 0) is 48.4 Å². The zero-order valence-corrected chi connectivity index (χ0v) is 23.7. The largest absolute Gasteiger partial charge is 0.383 e. The summed E-state index contributed by atoms with van der Waals surface area (Å²) >= 11 is 0. The average Bonchev–Trinajstić information content (AvgIpc) is 3.71. The van der Waals surface area contributed by atoms with Crippen molar-refractivity contribution >= 4 is 23.0 Å². The molecular weight excluding hydrogens is 538 g/mol. The number of nitrogens with zero attached hydrogens (tertiary/aromatic N) is 8. The van der Waals surface area contributed by atoms with Crippen molar-refractivity contribution in [2.24, 2.45) is 0 Å². The number of nitrogen functional groups attached to an aromatic ring is 1. The molecule has 2 N–H and O–H groups in total. The van der Waals surface area contributed by atoms with Crippen molar-refractivity contribution in [3.8, 4) is 34.5 Å². The Morgan fingerprint density at radius 2 is 1.65 bits per heavy atom. The van der Waals surface area contributed by atoms with Crippen LogP contribution in [-0.4, -0.2) is 79.5 Å². The molecule has 0 bridgehead atoms. The van der Waals surface area contributed by atoms with Gasteiger partial charge in [0.2, 0.25) is 0 Å². The van der Waals surface area contributed by atoms with E-state index >= 15 is 0 Å². The van der Waals surface area contributed by atoms with Crippen LogP contribution in [0.3, 0.4) is 0 Å². The second-order valence-corrected chi connectivity index (χ2v) is 11.0. The summed E-state index contributed by atoms with van der Waals surface area (Å²) in [6.45, 7) is 3.78. The van der Waals surface area contributed by atoms with Crippen molar-refractivity contribution in [2.45, 2.75) is 12.3 Å². The minimum atomic E-state index is 0.0700. The molecule has 1 atom stereocenters. The molecule has 5 aromatic rings. The molecule has 10 nitrogen and oxygen atoms in total. The molecule has 2 aliphatic rings. The summed E-state index contributed by atoms with van der Waals surface area (Å²) < 4.78 is 2.05. The highest BCUT2D eigenvalue weighted by Gasteiger charge is 2.31. The number of aromatic nitrogens is 4. The second-order valence-electron chi connectivity index (χ2n) is 11.0. The number of rotatable bonds is 4. The predicted octanol–water partition coefficient (Wildman–Crippen LogP) is 4.74. The molecule has 2 amide bonds. The van der Waals surface area contributed by atoms with E-state index in [9.17, 15) is 4.79 Å². The number of carbonyl (C=O) groups excluding carboxylic acids is 1. The number of anilines is 1. The van der Waals surface area contributed by atoms with Gasteiger partial charge in [-0.1, -0.05) is 42.5 Å². The Bertz CT molecular complexity index is 1820. The summed E-state index contributed by atoms with van der Waals surface area (Å²) in [6.07, 6.45) is 4.76. The van der Waals surface area contributed by atoms with Crippen LogP contribution in [0, 0.1) is 11.5 Å². The minimum absolute atomic E-state index is 0.0700. The van der Waals surface area contributed by atoms with Crippen molar-refractivity contribution in [3.05, 3.63) is 90.6 Å². The van der Waals surface area contributed by atoms with Gasteiger partial charge in [0.1, 0.15) is 11.3 Å². The Morgan fingerprint density at radius 3 is 2.40 bits per heavy atom. The smallest absolute Gasteiger partial charge is 0.320 e. The lowest BCUT2D eigenvalue weighted by Crippen LogP contribution is -2.51. The Balaban J connectivity index is 1.19. The first-order valence-corrected chi connectivity index (χ1v) is 14.5. The number of pyridine rings is 2. The molecule has 0 radical (unpaired) electrons. The molecule has 3 aromatic heterocycles. The van der Waals surface area contributed by atoms with E-state index in [1.54, 1.807) is 11.1 Å². The maximum absolute atomic E-state index is 13.2. The standard InChI is InChI=1S/C33H31N9O/c34-22-39-17-19-40(20-18-39)33(43)41-16-14-25(21-41)23-8-10-26(11-9-23)42-31(27-7-4-15-36-30(27)35)38-29-13-12-28(37-32(29)42)24-5-2-1-3-6-24/h1-13,15,25H,14,16-21H2,(H2,35,36)/t25-/m1/s1. The van der Waals surface area contributed by atoms with E-state index in [0.29, 0.717) is 44.4 Å². The maximum Gasteiger partial charge on any atom is 0.320 e. The highest BCUT2D eigenvalue weighted by molar-refractivity contribution is 5.84. The lowest BCUT2D eigenvalue weighted by molar-refractivity contribution is 0.136. The third kappa shape index (κ3) is 4.99. The summed E-state index contributed by atoms with van der Waals surface area (Å²) in [5.74, 6) is 1.35. The molecule has 2 fully saturated rings. The molecule has 0 unspecified atom stereocenters. The van der Waals surface area contributed by atoms with Crippen LogP contribution in [0.4, 0.5) is 10.6 Å². The monoisotopic (exact) mass is 569 g/mol. The van der Waals surface area contributed by atoms with Gasteiger partial charge in [-0.3, -0.25) is 4.57 Å². The molecule has 0 spiro atoms. The van der Waals surface area contributed by atoms with Gasteiger partial charge < -0.3 is 20.4 Å². The fourth-order valence-corrected chi connectivity index (χ4v) is 6.06. The first kappa shape index (κ1) is 26.5. The van der Waals surface area contributed by atoms with E-state index < -0.39 is 0 Å². The van der Waals surface area contributed by atoms with Gasteiger partial charge in [0, 0.05) is 62.6 Å². The highest BCUT2D eigenvalue weighted by atomic mass is 16.2. The molecule has 10 heteroatoms. The lowest BCUT2D eigenvalue weighted by Gasteiger charge is -2.34. The third-order valence-electron chi connectivity index (χ3n) is 8.43. The van der Waals surface area contributed by atoms with Crippen LogP contribution >= 0.6 is 0 Å². The normalized spacial score (nSPS) is 16.9. The first-order chi connectivity index (χ1) is 21.1. The predicted molar refractivity (Wildman–Crippen MR) is 165 cm³/mol. The Labute approximate surface area is 249 Å². The molecule has 2 aromatic carbocycles. The topological polar surface area (TPSA) is 120 Å². The van der Waals surface area contributed by atoms with Gasteiger partial charge >= 0.3 is 6.03 Å². The summed E-state index contributed by atoms with van der Waals surface area (Å²) in [6, 6.07) is 26.4. The van der Waals surface area contributed by atoms with Gasteiger partial charge in [0.15, 0.2) is 17.7 Å². The van der Waals surface area contributed by atoms with Crippen molar-refractivity contribution in [3.63, 3.8) is 0 Å². The Kier molecular flexibility index (Phi) is 6.83. The van der Waals surface area contributed by atoms with Crippen LogP contribution in [0.25, 0.3) is 39.5 Å². The number of imidazole rings is 1. The summed E-state index contributed by atoms with van der Waals surface area (Å²) in [5, 5.41) is 9.11. The molecule has 0 saturated carbocycles. The molecule has 7 rings (SSSR count). The van der Waals surface area contributed by atoms with E-state index in [2.05, 4.69) is 35.4 Å². The van der Waals surface area contributed by atoms with Crippen LogP contribution < -0.4 is 5.73 Å². The number of fused-ring (bicyclic) bond motifs is 1. The van der Waals surface area contributed by atoms with E-state index in [4.69, 9.17) is 21.0 Å². The van der Waals surface area contributed by atoms with Gasteiger partial charge in [0.25, 0.3) is 0 Å². The quantitative estimate of drug-likeness (QED) is 0.311. The van der Waals surface area contributed by atoms with E-state index in [1.165, 1.54) is 5.56 Å². The number of carbonyl (C=O) groups is 1. The highest BCUT2D eigenvalue weighted by Crippen LogP contribution is 2.33. The number of hydrogen-bond acceptors (Lipinski definition) is 7. The molecule has 43 heavy (non-hydrogen) atoms. The van der Waals surface area contributed by atoms with Crippen molar-refractivity contribution in [1.82, 2.24) is 34.2 Å². The molecule has 2 saturated heterocycles. The van der Waals surface area contributed by atoms with Gasteiger partial charge in [-0.25, -0.2) is 19.7 Å². The van der Waals surface area contributed by atoms with Gasteiger partial charge in [-0.2, -0.15) is 5.26 Å². The zero-order valence-electron chi connectivity index (χ0n) is 23.7. The molecular formula is C33H31N9O. The maximum atomic E-state index is 13.2. The molecule has 5 heterocycles. The number of nitriles is 1. The number of nitrogens with two attached hydrogens (primary N) is 1. The van der Waals surface area contributed by atoms with Gasteiger partial charge in [-0.15, -0.1) is 0 Å². The van der Waals surface area contributed by atoms with E-state index in [-0.39, 0.29) is 11.9 Å². The van der Waals surface area contributed by atoms with Crippen LogP contribution in [0.15, 0.2) is 85.1 Å². The SMILES string of the molecule is N#CN1CCN(C(=O)N2CC[C@@H](c3ccc(-n4c(-c5cccnc5N)nc5ccc(-c6ccccc6)nc54)cc3)C2)CC1. The van der Waals surface area contributed by atoms with E-state index in [0.717, 1.165) is 46.6 Å². The number of hydrogen-bond donors (Lipinski definition) is 1. The number of piperazine rings is 1. The Hall–Kier alpha value is -5.43. The third-order valence-corrected chi connectivity index (χ3v) is 8.43. The lowest BCUT2D eigenvalue weighted by atomic mass is 9.98. The summed E-state index contributed by atoms with van der Waals surface area (Å²) in [5.41, 5.74) is 12.6. The minimum Gasteiger partial charge on any atom is -0.383 e. The summed E-state index contributed by atoms with van der Waals surface area (Å²) in [4.78, 5) is 33.0.